The van der Waals surface area contributed by atoms with Crippen LogP contribution in [0.3, 0.4) is 0 Å². The Morgan fingerprint density at radius 2 is 1.28 bits per heavy atom. The lowest BCUT2D eigenvalue weighted by Crippen LogP contribution is -2.29. The van der Waals surface area contributed by atoms with Gasteiger partial charge >= 0.3 is 6.09 Å². The molecule has 0 aliphatic carbocycles. The molecule has 0 unspecified atom stereocenters. The predicted octanol–water partition coefficient (Wildman–Crippen LogP) is 6.94. The molecule has 0 fully saturated rings. The van der Waals surface area contributed by atoms with Crippen LogP contribution >= 0.6 is 0 Å². The van der Waals surface area contributed by atoms with Crippen molar-refractivity contribution in [2.24, 2.45) is 0 Å². The molecule has 0 aliphatic rings. The molecule has 4 aromatic carbocycles. The maximum Gasteiger partial charge on any atom is 0.424 e. The number of amides is 1. The number of rotatable bonds is 8. The van der Waals surface area contributed by atoms with Crippen molar-refractivity contribution >= 4 is 29.3 Å². The van der Waals surface area contributed by atoms with Gasteiger partial charge in [0.05, 0.1) is 31.2 Å². The second-order valence-corrected chi connectivity index (χ2v) is 7.71. The van der Waals surface area contributed by atoms with Gasteiger partial charge in [0.15, 0.2) is 5.78 Å². The summed E-state index contributed by atoms with van der Waals surface area (Å²) in [6.45, 7) is 0. The number of nitrogens with zero attached hydrogens (tertiary/aromatic N) is 1. The summed E-state index contributed by atoms with van der Waals surface area (Å²) < 4.78 is 16.1. The van der Waals surface area contributed by atoms with Crippen LogP contribution in [0, 0.1) is 0 Å². The van der Waals surface area contributed by atoms with Crippen LogP contribution in [-0.4, -0.2) is 26.1 Å². The van der Waals surface area contributed by atoms with E-state index in [0.717, 1.165) is 5.56 Å². The van der Waals surface area contributed by atoms with Crippen molar-refractivity contribution in [3.05, 3.63) is 120 Å². The number of hydrogen-bond acceptors (Lipinski definition) is 5. The average molecular weight is 480 g/mol. The lowest BCUT2D eigenvalue weighted by Gasteiger charge is -2.22. The maximum absolute atomic E-state index is 13.1. The first-order chi connectivity index (χ1) is 17.6. The highest BCUT2D eigenvalue weighted by atomic mass is 16.6. The molecule has 180 valence electrons. The van der Waals surface area contributed by atoms with Gasteiger partial charge in [-0.2, -0.15) is 0 Å². The van der Waals surface area contributed by atoms with Crippen molar-refractivity contribution in [1.82, 2.24) is 0 Å². The summed E-state index contributed by atoms with van der Waals surface area (Å²) in [6.07, 6.45) is 2.63. The molecule has 0 atom stereocenters. The number of carbonyl (C=O) groups is 2. The van der Waals surface area contributed by atoms with Crippen LogP contribution in [0.1, 0.15) is 15.9 Å². The van der Waals surface area contributed by atoms with Gasteiger partial charge in [0, 0.05) is 6.07 Å². The smallest absolute Gasteiger partial charge is 0.424 e. The fraction of sp³-hybridized carbons (Fsp3) is 0.0667. The van der Waals surface area contributed by atoms with Crippen LogP contribution in [0.15, 0.2) is 109 Å². The van der Waals surface area contributed by atoms with Gasteiger partial charge in [-0.25, -0.2) is 9.69 Å². The molecule has 0 aliphatic heterocycles. The molecule has 0 N–H and O–H groups in total. The number of ketones is 1. The van der Waals surface area contributed by atoms with E-state index in [4.69, 9.17) is 14.2 Å². The zero-order valence-corrected chi connectivity index (χ0v) is 20.0. The van der Waals surface area contributed by atoms with Gasteiger partial charge in [-0.05, 0) is 60.2 Å². The number of allylic oxidation sites excluding steroid dienone is 1. The topological polar surface area (TPSA) is 65.1 Å². The third-order valence-electron chi connectivity index (χ3n) is 5.40. The second-order valence-electron chi connectivity index (χ2n) is 7.71. The van der Waals surface area contributed by atoms with E-state index in [-0.39, 0.29) is 5.78 Å². The Bertz CT molecular complexity index is 1310. The molecule has 0 heterocycles. The first-order valence-corrected chi connectivity index (χ1v) is 11.3. The van der Waals surface area contributed by atoms with Gasteiger partial charge in [-0.1, -0.05) is 54.6 Å². The van der Waals surface area contributed by atoms with Crippen molar-refractivity contribution in [2.45, 2.75) is 0 Å². The first-order valence-electron chi connectivity index (χ1n) is 11.3. The Kier molecular flexibility index (Phi) is 7.78. The minimum atomic E-state index is -0.530. The summed E-state index contributed by atoms with van der Waals surface area (Å²) in [4.78, 5) is 27.3. The van der Waals surface area contributed by atoms with Crippen LogP contribution < -0.4 is 19.1 Å². The molecule has 0 radical (unpaired) electrons. The maximum atomic E-state index is 13.1. The number of carbonyl (C=O) groups excluding carboxylic acids is 2. The molecule has 0 bridgehead atoms. The molecule has 4 rings (SSSR count). The lowest BCUT2D eigenvalue weighted by atomic mass is 10.1. The average Bonchev–Trinajstić information content (AvgIpc) is 2.93. The fourth-order valence-electron chi connectivity index (χ4n) is 3.57. The van der Waals surface area contributed by atoms with Crippen LogP contribution in [0.5, 0.6) is 17.2 Å². The number of benzene rings is 4. The van der Waals surface area contributed by atoms with E-state index in [1.165, 1.54) is 18.1 Å². The van der Waals surface area contributed by atoms with Crippen molar-refractivity contribution in [3.8, 4) is 17.2 Å². The van der Waals surface area contributed by atoms with E-state index in [9.17, 15) is 9.59 Å². The van der Waals surface area contributed by atoms with Gasteiger partial charge in [0.2, 0.25) is 0 Å². The van der Waals surface area contributed by atoms with Crippen LogP contribution in [-0.2, 0) is 0 Å². The quantitative estimate of drug-likeness (QED) is 0.202. The largest absolute Gasteiger partial charge is 0.497 e. The summed E-state index contributed by atoms with van der Waals surface area (Å²) in [5.74, 6) is 1.23. The normalized spacial score (nSPS) is 10.6. The number of para-hydroxylation sites is 2. The van der Waals surface area contributed by atoms with Crippen LogP contribution in [0.25, 0.3) is 6.08 Å². The van der Waals surface area contributed by atoms with Crippen LogP contribution in [0.4, 0.5) is 16.2 Å². The number of hydrogen-bond donors (Lipinski definition) is 0. The van der Waals surface area contributed by atoms with Crippen LogP contribution in [0.2, 0.25) is 0 Å². The molecule has 0 saturated carbocycles. The Labute approximate surface area is 210 Å². The number of ether oxygens (including phenoxy) is 3. The summed E-state index contributed by atoms with van der Waals surface area (Å²) in [5.41, 5.74) is 2.60. The van der Waals surface area contributed by atoms with Gasteiger partial charge in [0.1, 0.15) is 17.2 Å². The molecule has 36 heavy (non-hydrogen) atoms. The molecule has 4 aromatic rings. The zero-order valence-electron chi connectivity index (χ0n) is 20.0. The third kappa shape index (κ3) is 5.80. The lowest BCUT2D eigenvalue weighted by molar-refractivity contribution is 0.104. The fourth-order valence-corrected chi connectivity index (χ4v) is 3.57. The molecule has 0 spiro atoms. The highest BCUT2D eigenvalue weighted by Crippen LogP contribution is 2.27. The van der Waals surface area contributed by atoms with E-state index in [0.29, 0.717) is 34.2 Å². The van der Waals surface area contributed by atoms with Gasteiger partial charge in [-0.15, -0.1) is 0 Å². The summed E-state index contributed by atoms with van der Waals surface area (Å²) in [7, 11) is 3.06. The summed E-state index contributed by atoms with van der Waals surface area (Å²) in [5, 5.41) is 0. The van der Waals surface area contributed by atoms with E-state index < -0.39 is 6.09 Å². The molecule has 0 saturated heterocycles. The minimum absolute atomic E-state index is 0.202. The van der Waals surface area contributed by atoms with Gasteiger partial charge < -0.3 is 14.2 Å². The van der Waals surface area contributed by atoms with Gasteiger partial charge in [-0.3, -0.25) is 4.79 Å². The minimum Gasteiger partial charge on any atom is -0.497 e. The van der Waals surface area contributed by atoms with Crippen molar-refractivity contribution in [3.63, 3.8) is 0 Å². The molecule has 1 amide bonds. The Morgan fingerprint density at radius 1 is 0.694 bits per heavy atom. The molecule has 6 heteroatoms. The second kappa shape index (κ2) is 11.5. The van der Waals surface area contributed by atoms with E-state index in [1.807, 2.05) is 60.7 Å². The first kappa shape index (κ1) is 24.3. The summed E-state index contributed by atoms with van der Waals surface area (Å²) in [6, 6.07) is 30.6. The number of methoxy groups -OCH3 is 2. The molecular weight excluding hydrogens is 454 g/mol. The molecule has 6 nitrogen and oxygen atoms in total. The van der Waals surface area contributed by atoms with Crippen molar-refractivity contribution in [2.75, 3.05) is 19.1 Å². The van der Waals surface area contributed by atoms with E-state index in [2.05, 4.69) is 0 Å². The van der Waals surface area contributed by atoms with E-state index >= 15 is 0 Å². The number of anilines is 2. The Morgan fingerprint density at radius 3 is 1.83 bits per heavy atom. The standard InChI is InChI=1S/C30H25NO5/c1-34-26-18-19-27(29(21-26)35-2)28(32)20-15-22-13-16-25(17-14-22)36-30(33)31(23-9-5-3-6-10-23)24-11-7-4-8-12-24/h3-21H,1-2H3. The Hall–Kier alpha value is -4.84. The van der Waals surface area contributed by atoms with Crippen molar-refractivity contribution < 1.29 is 23.8 Å². The monoisotopic (exact) mass is 479 g/mol. The van der Waals surface area contributed by atoms with E-state index in [1.54, 1.807) is 55.7 Å². The SMILES string of the molecule is COc1ccc(C(=O)C=Cc2ccc(OC(=O)N(c3ccccc3)c3ccccc3)cc2)c(OC)c1. The predicted molar refractivity (Wildman–Crippen MR) is 140 cm³/mol. The highest BCUT2D eigenvalue weighted by molar-refractivity contribution is 6.08. The third-order valence-corrected chi connectivity index (χ3v) is 5.40. The zero-order chi connectivity index (χ0) is 25.3. The highest BCUT2D eigenvalue weighted by Gasteiger charge is 2.20. The molecule has 0 aromatic heterocycles. The summed E-state index contributed by atoms with van der Waals surface area (Å²) >= 11 is 0. The Balaban J connectivity index is 1.47. The van der Waals surface area contributed by atoms with Gasteiger partial charge in [0.25, 0.3) is 0 Å². The molecular formula is C30H25NO5. The van der Waals surface area contributed by atoms with Crippen molar-refractivity contribution in [1.29, 1.82) is 0 Å².